The Morgan fingerprint density at radius 2 is 1.53 bits per heavy atom. The molecule has 2 aliphatic heterocycles. The number of hydrogen-bond donors (Lipinski definition) is 9. The third kappa shape index (κ3) is 15.4. The maximum Gasteiger partial charge on any atom is 0.331 e. The van der Waals surface area contributed by atoms with E-state index < -0.39 is 111 Å². The molecule has 2 aliphatic rings. The van der Waals surface area contributed by atoms with Crippen LogP contribution in [0, 0.1) is 5.92 Å². The monoisotopic (exact) mass is 832 g/mol. The Labute approximate surface area is 344 Å². The van der Waals surface area contributed by atoms with Crippen LogP contribution >= 0.6 is 0 Å². The summed E-state index contributed by atoms with van der Waals surface area (Å²) in [6, 6.07) is 2.05. The van der Waals surface area contributed by atoms with Crippen molar-refractivity contribution in [3.8, 4) is 11.5 Å². The van der Waals surface area contributed by atoms with Crippen LogP contribution in [0.1, 0.15) is 70.1 Å². The minimum absolute atomic E-state index is 0.0599. The van der Waals surface area contributed by atoms with Gasteiger partial charge in [0.25, 0.3) is 0 Å². The van der Waals surface area contributed by atoms with Gasteiger partial charge in [-0.2, -0.15) is 0 Å². The Kier molecular flexibility index (Phi) is 21.2. The number of unbranched alkanes of at least 4 members (excludes halogenated alkanes) is 3. The van der Waals surface area contributed by atoms with Crippen LogP contribution in [-0.2, 0) is 39.9 Å². The third-order valence-electron chi connectivity index (χ3n) is 9.35. The smallest absolute Gasteiger partial charge is 0.331 e. The Balaban J connectivity index is 1.78. The molecule has 11 atom stereocenters. The predicted molar refractivity (Wildman–Crippen MR) is 213 cm³/mol. The summed E-state index contributed by atoms with van der Waals surface area (Å²) in [7, 11) is 0. The number of ether oxygens (including phenoxy) is 5. The molecular formula is C43H60O16. The zero-order chi connectivity index (χ0) is 43.5. The van der Waals surface area contributed by atoms with Gasteiger partial charge in [-0.1, -0.05) is 94.4 Å². The molecule has 9 N–H and O–H groups in total. The number of rotatable bonds is 22. The largest absolute Gasteiger partial charge is 0.508 e. The molecule has 16 nitrogen and oxygen atoms in total. The minimum atomic E-state index is -1.90. The summed E-state index contributed by atoms with van der Waals surface area (Å²) in [5.41, 5.74) is -0.250. The molecule has 0 spiro atoms. The molecule has 0 aromatic heterocycles. The Morgan fingerprint density at radius 1 is 0.831 bits per heavy atom. The van der Waals surface area contributed by atoms with Crippen molar-refractivity contribution in [2.45, 2.75) is 127 Å². The summed E-state index contributed by atoms with van der Waals surface area (Å²) in [6.45, 7) is 3.93. The number of aromatic hydroxyl groups is 2. The number of benzene rings is 1. The number of hydrogen-bond acceptors (Lipinski definition) is 16. The molecule has 59 heavy (non-hydrogen) atoms. The Bertz CT molecular complexity index is 1630. The second-order valence-corrected chi connectivity index (χ2v) is 14.5. The average Bonchev–Trinajstić information content (AvgIpc) is 3.48. The number of aliphatic hydroxyl groups excluding tert-OH is 7. The van der Waals surface area contributed by atoms with Crippen LogP contribution in [-0.4, -0.2) is 132 Å². The molecule has 11 unspecified atom stereocenters. The van der Waals surface area contributed by atoms with Crippen molar-refractivity contribution < 1.29 is 79.2 Å². The van der Waals surface area contributed by atoms with Gasteiger partial charge in [0.15, 0.2) is 12.4 Å². The van der Waals surface area contributed by atoms with Crippen molar-refractivity contribution in [1.29, 1.82) is 0 Å². The highest BCUT2D eigenvalue weighted by Gasteiger charge is 2.54. The number of allylic oxidation sites excluding steroid dienone is 8. The molecule has 0 bridgehead atoms. The molecule has 0 amide bonds. The van der Waals surface area contributed by atoms with Gasteiger partial charge >= 0.3 is 11.9 Å². The fourth-order valence-electron chi connectivity index (χ4n) is 6.30. The summed E-state index contributed by atoms with van der Waals surface area (Å²) in [6.07, 6.45) is 5.27. The van der Waals surface area contributed by atoms with E-state index in [1.165, 1.54) is 18.2 Å². The molecule has 2 heterocycles. The first-order valence-electron chi connectivity index (χ1n) is 19.7. The standard InChI is InChI=1S/C43H60O16/c1-4-5-6-7-8-9-12-19-33(50)55-25-31(49)39-36(52)37(53)43(58-39)59-40-32(24-45)56-41(35-27(23-44)21-29(47)22-30(35)48)38(54)42(40)57-34(51)20-13-10-11-17-28(46)18-15-14-16-26(2)3/h8-16,18-22,26,28,31-32,36-49,52-54H,4-7,17,23-25H2,1-3H3/b9-8+,11-10+,16-14+,18-15+,19-12+,20-13+. The van der Waals surface area contributed by atoms with Crippen molar-refractivity contribution in [1.82, 2.24) is 0 Å². The summed E-state index contributed by atoms with van der Waals surface area (Å²) in [5, 5.41) is 95.4. The Morgan fingerprint density at radius 3 is 2.20 bits per heavy atom. The summed E-state index contributed by atoms with van der Waals surface area (Å²) in [4.78, 5) is 25.3. The topological polar surface area (TPSA) is 262 Å². The predicted octanol–water partition coefficient (Wildman–Crippen LogP) is 2.36. The molecule has 328 valence electrons. The maximum atomic E-state index is 13.2. The van der Waals surface area contributed by atoms with Gasteiger partial charge in [0.05, 0.1) is 19.3 Å². The highest BCUT2D eigenvalue weighted by atomic mass is 16.7. The second kappa shape index (κ2) is 25.4. The lowest BCUT2D eigenvalue weighted by molar-refractivity contribution is -0.294. The molecule has 0 radical (unpaired) electrons. The fourth-order valence-corrected chi connectivity index (χ4v) is 6.30. The molecule has 2 fully saturated rings. The lowest BCUT2D eigenvalue weighted by Gasteiger charge is -2.44. The van der Waals surface area contributed by atoms with Gasteiger partial charge in [0, 0.05) is 23.8 Å². The van der Waals surface area contributed by atoms with Crippen LogP contribution in [0.5, 0.6) is 11.5 Å². The number of phenols is 2. The second-order valence-electron chi connectivity index (χ2n) is 14.5. The molecule has 0 aliphatic carbocycles. The van der Waals surface area contributed by atoms with E-state index in [4.69, 9.17) is 23.7 Å². The first-order chi connectivity index (χ1) is 28.2. The summed E-state index contributed by atoms with van der Waals surface area (Å²) in [5.74, 6) is -2.45. The van der Waals surface area contributed by atoms with Gasteiger partial charge in [-0.3, -0.25) is 0 Å². The van der Waals surface area contributed by atoms with E-state index in [1.807, 2.05) is 32.1 Å². The number of phenolic OH excluding ortho intramolecular Hbond substituents is 2. The van der Waals surface area contributed by atoms with Gasteiger partial charge in [0.1, 0.15) is 66.9 Å². The van der Waals surface area contributed by atoms with Crippen molar-refractivity contribution in [2.24, 2.45) is 5.92 Å². The normalized spacial score (nSPS) is 27.7. The SMILES string of the molecule is CCCCC/C=C/C=C/C(=O)OCC(O)C1OC(OC2C(CO)OC(c3c(O)cc(O)cc3CO)C(O)C2OC(=O)/C=C/C=C/CC(O)/C=C/C=C/C(C)C)C(O)C1O. The van der Waals surface area contributed by atoms with Crippen LogP contribution in [0.25, 0.3) is 0 Å². The average molecular weight is 833 g/mol. The van der Waals surface area contributed by atoms with Crippen LogP contribution in [0.3, 0.4) is 0 Å². The van der Waals surface area contributed by atoms with E-state index in [1.54, 1.807) is 24.3 Å². The lowest BCUT2D eigenvalue weighted by atomic mass is 9.88. The van der Waals surface area contributed by atoms with Crippen molar-refractivity contribution in [3.63, 3.8) is 0 Å². The van der Waals surface area contributed by atoms with Gasteiger partial charge in [-0.25, -0.2) is 9.59 Å². The summed E-state index contributed by atoms with van der Waals surface area (Å²) < 4.78 is 28.2. The molecule has 1 aromatic rings. The lowest BCUT2D eigenvalue weighted by Crippen LogP contribution is -2.59. The van der Waals surface area contributed by atoms with E-state index in [9.17, 15) is 55.5 Å². The number of esters is 2. The van der Waals surface area contributed by atoms with Crippen LogP contribution < -0.4 is 0 Å². The van der Waals surface area contributed by atoms with Gasteiger partial charge in [0.2, 0.25) is 0 Å². The van der Waals surface area contributed by atoms with Crippen LogP contribution in [0.2, 0.25) is 0 Å². The van der Waals surface area contributed by atoms with Crippen LogP contribution in [0.4, 0.5) is 0 Å². The van der Waals surface area contributed by atoms with E-state index in [0.29, 0.717) is 5.92 Å². The molecule has 16 heteroatoms. The zero-order valence-electron chi connectivity index (χ0n) is 33.6. The fraction of sp³-hybridized carbons (Fsp3) is 0.535. The summed E-state index contributed by atoms with van der Waals surface area (Å²) >= 11 is 0. The first kappa shape index (κ1) is 49.2. The highest BCUT2D eigenvalue weighted by Crippen LogP contribution is 2.42. The van der Waals surface area contributed by atoms with Crippen LogP contribution in [0.15, 0.2) is 85.0 Å². The maximum absolute atomic E-state index is 13.2. The third-order valence-corrected chi connectivity index (χ3v) is 9.35. The van der Waals surface area contributed by atoms with Crippen molar-refractivity contribution >= 4 is 11.9 Å². The van der Waals surface area contributed by atoms with E-state index in [0.717, 1.165) is 50.0 Å². The Hall–Kier alpha value is -4.20. The van der Waals surface area contributed by atoms with E-state index >= 15 is 0 Å². The molecular weight excluding hydrogens is 772 g/mol. The quantitative estimate of drug-likeness (QED) is 0.0352. The molecule has 1 aromatic carbocycles. The zero-order valence-corrected chi connectivity index (χ0v) is 33.6. The highest BCUT2D eigenvalue weighted by molar-refractivity contribution is 5.82. The number of aliphatic hydroxyl groups is 7. The first-order valence-corrected chi connectivity index (χ1v) is 19.7. The van der Waals surface area contributed by atoms with E-state index in [2.05, 4.69) is 6.92 Å². The van der Waals surface area contributed by atoms with Gasteiger partial charge in [-0.05, 0) is 36.8 Å². The van der Waals surface area contributed by atoms with Gasteiger partial charge in [-0.15, -0.1) is 0 Å². The molecule has 0 saturated carbocycles. The van der Waals surface area contributed by atoms with Gasteiger partial charge < -0.3 is 69.6 Å². The number of carbonyl (C=O) groups is 2. The molecule has 2 saturated heterocycles. The molecule has 3 rings (SSSR count). The van der Waals surface area contributed by atoms with Crippen molar-refractivity contribution in [2.75, 3.05) is 13.2 Å². The van der Waals surface area contributed by atoms with E-state index in [-0.39, 0.29) is 17.5 Å². The minimum Gasteiger partial charge on any atom is -0.508 e. The number of carbonyl (C=O) groups excluding carboxylic acids is 2. The van der Waals surface area contributed by atoms with Crippen molar-refractivity contribution in [3.05, 3.63) is 96.2 Å².